The number of amides is 1. The number of hydrogen-bond donors (Lipinski definition) is 2. The Labute approximate surface area is 122 Å². The highest BCUT2D eigenvalue weighted by molar-refractivity contribution is 5.78. The first kappa shape index (κ1) is 15.0. The van der Waals surface area contributed by atoms with Gasteiger partial charge in [-0.2, -0.15) is 0 Å². The van der Waals surface area contributed by atoms with E-state index in [9.17, 15) is 4.79 Å². The van der Waals surface area contributed by atoms with Gasteiger partial charge in [0.1, 0.15) is 0 Å². The minimum absolute atomic E-state index is 0.0918. The van der Waals surface area contributed by atoms with Crippen LogP contribution in [0.3, 0.4) is 0 Å². The highest BCUT2D eigenvalue weighted by atomic mass is 16.1. The highest BCUT2D eigenvalue weighted by Crippen LogP contribution is 2.41. The summed E-state index contributed by atoms with van der Waals surface area (Å²) in [6.07, 6.45) is 3.22. The molecule has 0 radical (unpaired) electrons. The van der Waals surface area contributed by atoms with E-state index in [1.807, 2.05) is 0 Å². The predicted molar refractivity (Wildman–Crippen MR) is 82.7 cm³/mol. The van der Waals surface area contributed by atoms with Crippen molar-refractivity contribution in [2.45, 2.75) is 51.5 Å². The summed E-state index contributed by atoms with van der Waals surface area (Å²) in [5.41, 5.74) is 3.00. The van der Waals surface area contributed by atoms with Crippen molar-refractivity contribution in [3.05, 3.63) is 35.4 Å². The molecule has 1 aliphatic rings. The van der Waals surface area contributed by atoms with E-state index >= 15 is 0 Å². The van der Waals surface area contributed by atoms with E-state index in [0.717, 1.165) is 25.8 Å². The Hall–Kier alpha value is -1.35. The molecule has 0 fully saturated rings. The number of fused-ring (bicyclic) bond motifs is 1. The molecule has 3 heteroatoms. The van der Waals surface area contributed by atoms with Gasteiger partial charge >= 0.3 is 0 Å². The molecule has 1 unspecified atom stereocenters. The molecule has 1 aromatic carbocycles. The van der Waals surface area contributed by atoms with E-state index in [4.69, 9.17) is 0 Å². The average Bonchev–Trinajstić information content (AvgIpc) is 2.44. The second-order valence-electron chi connectivity index (χ2n) is 6.29. The molecule has 2 rings (SSSR count). The molecule has 0 saturated carbocycles. The molecule has 0 heterocycles. The maximum absolute atomic E-state index is 11.7. The summed E-state index contributed by atoms with van der Waals surface area (Å²) >= 11 is 0. The van der Waals surface area contributed by atoms with Crippen LogP contribution in [0.4, 0.5) is 0 Å². The normalized spacial score (nSPS) is 20.2. The lowest BCUT2D eigenvalue weighted by molar-refractivity contribution is -0.120. The molecule has 20 heavy (non-hydrogen) atoms. The van der Waals surface area contributed by atoms with Crippen molar-refractivity contribution >= 4 is 5.91 Å². The van der Waals surface area contributed by atoms with Crippen LogP contribution in [0, 0.1) is 0 Å². The van der Waals surface area contributed by atoms with E-state index in [0.29, 0.717) is 12.6 Å². The number of rotatable bonds is 5. The Morgan fingerprint density at radius 2 is 2.10 bits per heavy atom. The van der Waals surface area contributed by atoms with Gasteiger partial charge in [-0.15, -0.1) is 0 Å². The Balaban J connectivity index is 2.02. The third-order valence-electron chi connectivity index (χ3n) is 4.20. The van der Waals surface area contributed by atoms with Crippen LogP contribution in [0.25, 0.3) is 0 Å². The molecular weight excluding hydrogens is 248 g/mol. The molecule has 0 aromatic heterocycles. The fourth-order valence-corrected chi connectivity index (χ4v) is 2.97. The van der Waals surface area contributed by atoms with E-state index in [1.54, 1.807) is 0 Å². The number of carbonyl (C=O) groups excluding carboxylic acids is 1. The SMILES string of the molecule is CCCNC(=O)CNC1CCC(C)(C)c2ccccc21. The lowest BCUT2D eigenvalue weighted by Crippen LogP contribution is -2.39. The Morgan fingerprint density at radius 3 is 2.85 bits per heavy atom. The topological polar surface area (TPSA) is 41.1 Å². The Morgan fingerprint density at radius 1 is 1.35 bits per heavy atom. The van der Waals surface area contributed by atoms with Crippen molar-refractivity contribution in [3.63, 3.8) is 0 Å². The lowest BCUT2D eigenvalue weighted by Gasteiger charge is -2.37. The van der Waals surface area contributed by atoms with Crippen LogP contribution >= 0.6 is 0 Å². The van der Waals surface area contributed by atoms with Gasteiger partial charge in [0.05, 0.1) is 6.54 Å². The smallest absolute Gasteiger partial charge is 0.233 e. The zero-order chi connectivity index (χ0) is 14.6. The molecule has 1 aliphatic carbocycles. The maximum Gasteiger partial charge on any atom is 0.233 e. The maximum atomic E-state index is 11.7. The Bertz CT molecular complexity index is 468. The van der Waals surface area contributed by atoms with Gasteiger partial charge in [-0.25, -0.2) is 0 Å². The minimum Gasteiger partial charge on any atom is -0.355 e. The second-order valence-corrected chi connectivity index (χ2v) is 6.29. The van der Waals surface area contributed by atoms with Gasteiger partial charge in [-0.05, 0) is 35.8 Å². The van der Waals surface area contributed by atoms with E-state index in [2.05, 4.69) is 55.7 Å². The summed E-state index contributed by atoms with van der Waals surface area (Å²) in [6.45, 7) is 7.83. The van der Waals surface area contributed by atoms with Crippen LogP contribution < -0.4 is 10.6 Å². The van der Waals surface area contributed by atoms with Crippen molar-refractivity contribution in [1.82, 2.24) is 10.6 Å². The summed E-state index contributed by atoms with van der Waals surface area (Å²) in [5, 5.41) is 6.32. The molecule has 0 aliphatic heterocycles. The standard InChI is InChI=1S/C17H26N2O/c1-4-11-18-16(20)12-19-15-9-10-17(2,3)14-8-6-5-7-13(14)15/h5-8,15,19H,4,9-12H2,1-3H3,(H,18,20). The van der Waals surface area contributed by atoms with Crippen molar-refractivity contribution in [1.29, 1.82) is 0 Å². The molecule has 0 spiro atoms. The van der Waals surface area contributed by atoms with Crippen molar-refractivity contribution in [3.8, 4) is 0 Å². The van der Waals surface area contributed by atoms with Gasteiger partial charge in [0, 0.05) is 12.6 Å². The first-order chi connectivity index (χ1) is 9.54. The summed E-state index contributed by atoms with van der Waals surface area (Å²) < 4.78 is 0. The molecule has 1 amide bonds. The molecule has 1 aromatic rings. The van der Waals surface area contributed by atoms with Gasteiger partial charge in [-0.1, -0.05) is 45.0 Å². The number of hydrogen-bond acceptors (Lipinski definition) is 2. The lowest BCUT2D eigenvalue weighted by atomic mass is 9.71. The Kier molecular flexibility index (Phi) is 4.81. The third kappa shape index (κ3) is 3.40. The largest absolute Gasteiger partial charge is 0.355 e. The zero-order valence-electron chi connectivity index (χ0n) is 12.8. The van der Waals surface area contributed by atoms with Crippen molar-refractivity contribution < 1.29 is 4.79 Å². The van der Waals surface area contributed by atoms with Gasteiger partial charge in [0.2, 0.25) is 5.91 Å². The first-order valence-corrected chi connectivity index (χ1v) is 7.64. The van der Waals surface area contributed by atoms with Crippen LogP contribution in [0.5, 0.6) is 0 Å². The van der Waals surface area contributed by atoms with Crippen LogP contribution in [-0.4, -0.2) is 19.0 Å². The van der Waals surface area contributed by atoms with Crippen LogP contribution in [-0.2, 0) is 10.2 Å². The summed E-state index contributed by atoms with van der Waals surface area (Å²) in [5.74, 6) is 0.0918. The van der Waals surface area contributed by atoms with Gasteiger partial charge in [0.15, 0.2) is 0 Å². The number of benzene rings is 1. The molecule has 3 nitrogen and oxygen atoms in total. The summed E-state index contributed by atoms with van der Waals surface area (Å²) in [4.78, 5) is 11.7. The van der Waals surface area contributed by atoms with E-state index in [1.165, 1.54) is 11.1 Å². The fourth-order valence-electron chi connectivity index (χ4n) is 2.97. The van der Waals surface area contributed by atoms with Gasteiger partial charge < -0.3 is 10.6 Å². The van der Waals surface area contributed by atoms with Crippen LogP contribution in [0.1, 0.15) is 57.2 Å². The molecular formula is C17H26N2O. The van der Waals surface area contributed by atoms with E-state index in [-0.39, 0.29) is 11.3 Å². The number of nitrogens with one attached hydrogen (secondary N) is 2. The predicted octanol–water partition coefficient (Wildman–Crippen LogP) is 2.91. The van der Waals surface area contributed by atoms with Crippen molar-refractivity contribution in [2.75, 3.05) is 13.1 Å². The zero-order valence-corrected chi connectivity index (χ0v) is 12.8. The summed E-state index contributed by atoms with van der Waals surface area (Å²) in [7, 11) is 0. The van der Waals surface area contributed by atoms with Crippen LogP contribution in [0.2, 0.25) is 0 Å². The molecule has 1 atom stereocenters. The van der Waals surface area contributed by atoms with Crippen LogP contribution in [0.15, 0.2) is 24.3 Å². The van der Waals surface area contributed by atoms with E-state index < -0.39 is 0 Å². The molecule has 0 bridgehead atoms. The average molecular weight is 274 g/mol. The summed E-state index contributed by atoms with van der Waals surface area (Å²) in [6, 6.07) is 8.91. The first-order valence-electron chi connectivity index (χ1n) is 7.64. The highest BCUT2D eigenvalue weighted by Gasteiger charge is 2.32. The number of carbonyl (C=O) groups is 1. The molecule has 0 saturated heterocycles. The fraction of sp³-hybridized carbons (Fsp3) is 0.588. The molecule has 2 N–H and O–H groups in total. The molecule has 110 valence electrons. The second kappa shape index (κ2) is 6.40. The van der Waals surface area contributed by atoms with Gasteiger partial charge in [-0.3, -0.25) is 4.79 Å². The minimum atomic E-state index is 0.0918. The third-order valence-corrected chi connectivity index (χ3v) is 4.20. The van der Waals surface area contributed by atoms with Crippen molar-refractivity contribution in [2.24, 2.45) is 0 Å². The monoisotopic (exact) mass is 274 g/mol. The quantitative estimate of drug-likeness (QED) is 0.867. The van der Waals surface area contributed by atoms with Gasteiger partial charge in [0.25, 0.3) is 0 Å².